The molecule has 2 aromatic rings. The van der Waals surface area contributed by atoms with Crippen molar-refractivity contribution in [2.24, 2.45) is 10.2 Å². The number of benzene rings is 2. The Morgan fingerprint density at radius 3 is 2.29 bits per heavy atom. The summed E-state index contributed by atoms with van der Waals surface area (Å²) in [5.41, 5.74) is -0.149. The van der Waals surface area contributed by atoms with Crippen LogP contribution >= 0.6 is 15.9 Å². The summed E-state index contributed by atoms with van der Waals surface area (Å²) >= 11 is 3.07. The van der Waals surface area contributed by atoms with Crippen LogP contribution in [0.15, 0.2) is 39.0 Å². The third kappa shape index (κ3) is 3.38. The van der Waals surface area contributed by atoms with E-state index < -0.39 is 15.5 Å². The third-order valence-electron chi connectivity index (χ3n) is 3.28. The van der Waals surface area contributed by atoms with E-state index in [0.29, 0.717) is 11.3 Å². The molecule has 1 N–H and O–H groups in total. The molecule has 24 heavy (non-hydrogen) atoms. The molecule has 0 heterocycles. The van der Waals surface area contributed by atoms with Gasteiger partial charge in [0.05, 0.1) is 20.0 Å². The van der Waals surface area contributed by atoms with Crippen molar-refractivity contribution in [3.8, 4) is 5.75 Å². The molecule has 0 unspecified atom stereocenters. The van der Waals surface area contributed by atoms with Crippen molar-refractivity contribution in [1.82, 2.24) is 0 Å². The molecule has 0 atom stereocenters. The molecule has 0 aromatic heterocycles. The van der Waals surface area contributed by atoms with Gasteiger partial charge in [-0.2, -0.15) is 5.11 Å². The minimum Gasteiger partial charge on any atom is -0.508 e. The first kappa shape index (κ1) is 17.5. The van der Waals surface area contributed by atoms with E-state index in [9.17, 15) is 25.3 Å². The maximum absolute atomic E-state index is 11.3. The maximum atomic E-state index is 11.3. The van der Waals surface area contributed by atoms with Gasteiger partial charge in [-0.15, -0.1) is 5.11 Å². The molecule has 0 bridgehead atoms. The fraction of sp³-hybridized carbons (Fsp3) is 0.143. The standard InChI is InChI=1S/C14H11BrN4O5/c1-7-5-9(3-4-12(7)20)16-17-13-10(15)6-11(18(21)22)8(2)14(13)19(23)24/h3-6,20H,1-2H3. The summed E-state index contributed by atoms with van der Waals surface area (Å²) in [4.78, 5) is 20.9. The highest BCUT2D eigenvalue weighted by atomic mass is 79.9. The Labute approximate surface area is 144 Å². The van der Waals surface area contributed by atoms with Crippen molar-refractivity contribution in [3.05, 3.63) is 60.1 Å². The van der Waals surface area contributed by atoms with Crippen molar-refractivity contribution in [2.45, 2.75) is 13.8 Å². The zero-order chi connectivity index (χ0) is 18.0. The third-order valence-corrected chi connectivity index (χ3v) is 3.88. The first-order chi connectivity index (χ1) is 11.2. The predicted molar refractivity (Wildman–Crippen MR) is 89.2 cm³/mol. The topological polar surface area (TPSA) is 131 Å². The van der Waals surface area contributed by atoms with Crippen LogP contribution in [0.25, 0.3) is 0 Å². The van der Waals surface area contributed by atoms with E-state index in [2.05, 4.69) is 26.2 Å². The number of halogens is 1. The summed E-state index contributed by atoms with van der Waals surface area (Å²) in [6, 6.07) is 5.62. The Balaban J connectivity index is 2.59. The normalized spacial score (nSPS) is 11.0. The lowest BCUT2D eigenvalue weighted by atomic mass is 10.1. The zero-order valence-corrected chi connectivity index (χ0v) is 14.1. The van der Waals surface area contributed by atoms with Crippen molar-refractivity contribution in [1.29, 1.82) is 0 Å². The first-order valence-corrected chi connectivity index (χ1v) is 7.35. The van der Waals surface area contributed by atoms with Crippen molar-refractivity contribution in [2.75, 3.05) is 0 Å². The Kier molecular flexibility index (Phi) is 4.88. The average molecular weight is 395 g/mol. The molecule has 9 nitrogen and oxygen atoms in total. The average Bonchev–Trinajstić information content (AvgIpc) is 2.50. The number of nitro groups is 2. The second-order valence-electron chi connectivity index (χ2n) is 4.88. The highest BCUT2D eigenvalue weighted by Gasteiger charge is 2.29. The van der Waals surface area contributed by atoms with Crippen LogP contribution in [0.3, 0.4) is 0 Å². The number of nitrogens with zero attached hydrogens (tertiary/aromatic N) is 4. The van der Waals surface area contributed by atoms with Gasteiger partial charge in [0.15, 0.2) is 5.69 Å². The second-order valence-corrected chi connectivity index (χ2v) is 5.74. The van der Waals surface area contributed by atoms with Crippen LogP contribution in [0.4, 0.5) is 22.7 Å². The van der Waals surface area contributed by atoms with E-state index in [4.69, 9.17) is 0 Å². The summed E-state index contributed by atoms with van der Waals surface area (Å²) in [7, 11) is 0. The molecular weight excluding hydrogens is 384 g/mol. The van der Waals surface area contributed by atoms with Gasteiger partial charge in [-0.3, -0.25) is 20.2 Å². The molecule has 0 fully saturated rings. The minimum atomic E-state index is -0.733. The van der Waals surface area contributed by atoms with Crippen LogP contribution in [0.1, 0.15) is 11.1 Å². The first-order valence-electron chi connectivity index (χ1n) is 6.55. The van der Waals surface area contributed by atoms with Crippen molar-refractivity contribution in [3.63, 3.8) is 0 Å². The highest BCUT2D eigenvalue weighted by molar-refractivity contribution is 9.10. The number of nitro benzene ring substituents is 2. The summed E-state index contributed by atoms with van der Waals surface area (Å²) in [5.74, 6) is 0.0901. The molecular formula is C14H11BrN4O5. The van der Waals surface area contributed by atoms with Crippen molar-refractivity contribution < 1.29 is 15.0 Å². The molecule has 0 aliphatic carbocycles. The molecule has 0 aliphatic heterocycles. The smallest absolute Gasteiger partial charge is 0.307 e. The fourth-order valence-corrected chi connectivity index (χ4v) is 2.51. The molecule has 2 aromatic carbocycles. The number of azo groups is 1. The molecule has 124 valence electrons. The second kappa shape index (κ2) is 6.71. The number of aromatic hydroxyl groups is 1. The lowest BCUT2D eigenvalue weighted by Crippen LogP contribution is -1.98. The zero-order valence-electron chi connectivity index (χ0n) is 12.6. The molecule has 0 saturated heterocycles. The number of hydrogen-bond donors (Lipinski definition) is 1. The Morgan fingerprint density at radius 1 is 1.08 bits per heavy atom. The minimum absolute atomic E-state index is 0.0887. The number of phenolic OH excluding ortho intramolecular Hbond substituents is 1. The number of phenols is 1. The SMILES string of the molecule is Cc1cc(N=Nc2c(Br)cc([N+](=O)[O-])c(C)c2[N+](=O)[O-])ccc1O. The number of rotatable bonds is 4. The highest BCUT2D eigenvalue weighted by Crippen LogP contribution is 2.43. The van der Waals surface area contributed by atoms with Gasteiger partial charge in [0, 0.05) is 6.07 Å². The Morgan fingerprint density at radius 2 is 1.75 bits per heavy atom. The molecule has 2 rings (SSSR count). The van der Waals surface area contributed by atoms with E-state index in [1.54, 1.807) is 13.0 Å². The van der Waals surface area contributed by atoms with Gasteiger partial charge in [0.1, 0.15) is 11.3 Å². The Bertz CT molecular complexity index is 882. The molecule has 0 amide bonds. The van der Waals surface area contributed by atoms with Gasteiger partial charge in [0.25, 0.3) is 5.69 Å². The van der Waals surface area contributed by atoms with Gasteiger partial charge < -0.3 is 5.11 Å². The van der Waals surface area contributed by atoms with Gasteiger partial charge in [-0.05, 0) is 53.5 Å². The fourth-order valence-electron chi connectivity index (χ4n) is 2.03. The number of aryl methyl sites for hydroxylation is 1. The van der Waals surface area contributed by atoms with E-state index in [1.165, 1.54) is 19.1 Å². The van der Waals surface area contributed by atoms with E-state index in [-0.39, 0.29) is 27.2 Å². The van der Waals surface area contributed by atoms with Gasteiger partial charge in [-0.25, -0.2) is 0 Å². The molecule has 0 saturated carbocycles. The van der Waals surface area contributed by atoms with E-state index in [0.717, 1.165) is 6.07 Å². The Hall–Kier alpha value is -2.88. The molecule has 0 radical (unpaired) electrons. The molecule has 0 aliphatic rings. The lowest BCUT2D eigenvalue weighted by Gasteiger charge is -2.04. The number of hydrogen-bond acceptors (Lipinski definition) is 7. The van der Waals surface area contributed by atoms with Crippen LogP contribution < -0.4 is 0 Å². The quantitative estimate of drug-likeness (QED) is 0.442. The van der Waals surface area contributed by atoms with E-state index in [1.807, 2.05) is 0 Å². The van der Waals surface area contributed by atoms with Crippen LogP contribution in [0.5, 0.6) is 5.75 Å². The predicted octanol–water partition coefficient (Wildman–Crippen LogP) is 5.00. The summed E-state index contributed by atoms with van der Waals surface area (Å²) in [6.45, 7) is 2.95. The van der Waals surface area contributed by atoms with Gasteiger partial charge in [0.2, 0.25) is 0 Å². The van der Waals surface area contributed by atoms with Crippen LogP contribution in [0.2, 0.25) is 0 Å². The van der Waals surface area contributed by atoms with Crippen molar-refractivity contribution >= 4 is 38.7 Å². The monoisotopic (exact) mass is 394 g/mol. The van der Waals surface area contributed by atoms with Gasteiger partial charge in [-0.1, -0.05) is 0 Å². The van der Waals surface area contributed by atoms with Crippen LogP contribution in [-0.2, 0) is 0 Å². The van der Waals surface area contributed by atoms with Gasteiger partial charge >= 0.3 is 5.69 Å². The summed E-state index contributed by atoms with van der Waals surface area (Å²) in [6.07, 6.45) is 0. The van der Waals surface area contributed by atoms with Crippen LogP contribution in [-0.4, -0.2) is 15.0 Å². The summed E-state index contributed by atoms with van der Waals surface area (Å²) < 4.78 is 0.0887. The lowest BCUT2D eigenvalue weighted by molar-refractivity contribution is -0.394. The summed E-state index contributed by atoms with van der Waals surface area (Å²) in [5, 5.41) is 39.5. The largest absolute Gasteiger partial charge is 0.508 e. The molecule has 0 spiro atoms. The maximum Gasteiger partial charge on any atom is 0.307 e. The van der Waals surface area contributed by atoms with E-state index >= 15 is 0 Å². The van der Waals surface area contributed by atoms with Crippen LogP contribution in [0, 0.1) is 34.1 Å². The molecule has 10 heteroatoms.